The molecule has 0 radical (unpaired) electrons. The van der Waals surface area contributed by atoms with E-state index in [1.54, 1.807) is 4.68 Å². The first-order chi connectivity index (χ1) is 9.20. The highest BCUT2D eigenvalue weighted by Gasteiger charge is 2.20. The summed E-state index contributed by atoms with van der Waals surface area (Å²) in [6, 6.07) is 2.11. The monoisotopic (exact) mass is 287 g/mol. The molecule has 0 unspecified atom stereocenters. The standard InChI is InChI=1S/C12H12ClF2N3O/c13-7-11-16-12-9(15)5-8(14)6-10(12)18(11)17-1-3-19-4-2-17/h5-6H,1-4,7H2. The number of halogens is 3. The fourth-order valence-electron chi connectivity index (χ4n) is 2.30. The van der Waals surface area contributed by atoms with Gasteiger partial charge in [-0.2, -0.15) is 0 Å². The number of benzene rings is 1. The van der Waals surface area contributed by atoms with Crippen molar-refractivity contribution >= 4 is 22.6 Å². The quantitative estimate of drug-likeness (QED) is 0.792. The number of nitrogens with zero attached hydrogens (tertiary/aromatic N) is 3. The molecule has 1 aromatic heterocycles. The normalized spacial score (nSPS) is 16.3. The predicted molar refractivity (Wildman–Crippen MR) is 68.0 cm³/mol. The highest BCUT2D eigenvalue weighted by atomic mass is 35.5. The summed E-state index contributed by atoms with van der Waals surface area (Å²) < 4.78 is 34.1. The zero-order valence-corrected chi connectivity index (χ0v) is 10.8. The minimum atomic E-state index is -0.673. The van der Waals surface area contributed by atoms with Crippen LogP contribution in [0.1, 0.15) is 5.82 Å². The number of alkyl halides is 1. The molecule has 0 atom stereocenters. The van der Waals surface area contributed by atoms with Crippen LogP contribution >= 0.6 is 11.6 Å². The molecule has 1 fully saturated rings. The van der Waals surface area contributed by atoms with Crippen LogP contribution in [-0.2, 0) is 10.6 Å². The number of imidazole rings is 1. The maximum atomic E-state index is 13.7. The Morgan fingerprint density at radius 1 is 1.26 bits per heavy atom. The van der Waals surface area contributed by atoms with E-state index in [0.717, 1.165) is 6.07 Å². The molecule has 0 aliphatic carbocycles. The first-order valence-corrected chi connectivity index (χ1v) is 6.49. The Balaban J connectivity index is 2.19. The maximum absolute atomic E-state index is 13.7. The van der Waals surface area contributed by atoms with E-state index in [1.165, 1.54) is 6.07 Å². The Bertz CT molecular complexity index is 611. The SMILES string of the molecule is Fc1cc(F)c2nc(CCl)n(N3CCOCC3)c2c1. The van der Waals surface area contributed by atoms with Crippen molar-refractivity contribution in [2.24, 2.45) is 0 Å². The average Bonchev–Trinajstić information content (AvgIpc) is 2.78. The molecule has 0 N–H and O–H groups in total. The molecule has 0 bridgehead atoms. The topological polar surface area (TPSA) is 30.3 Å². The molecule has 1 aromatic carbocycles. The summed E-state index contributed by atoms with van der Waals surface area (Å²) >= 11 is 5.86. The Morgan fingerprint density at radius 3 is 2.68 bits per heavy atom. The summed E-state index contributed by atoms with van der Waals surface area (Å²) in [6.45, 7) is 2.40. The van der Waals surface area contributed by atoms with Crippen LogP contribution < -0.4 is 5.01 Å². The van der Waals surface area contributed by atoms with Crippen LogP contribution in [0.3, 0.4) is 0 Å². The van der Waals surface area contributed by atoms with Crippen molar-refractivity contribution < 1.29 is 13.5 Å². The minimum Gasteiger partial charge on any atom is -0.378 e. The molecule has 102 valence electrons. The molecule has 0 spiro atoms. The molecule has 0 amide bonds. The number of hydrogen-bond acceptors (Lipinski definition) is 3. The zero-order valence-electron chi connectivity index (χ0n) is 10.1. The summed E-state index contributed by atoms with van der Waals surface area (Å²) in [7, 11) is 0. The number of aromatic nitrogens is 2. The summed E-state index contributed by atoms with van der Waals surface area (Å²) in [5.41, 5.74) is 0.540. The van der Waals surface area contributed by atoms with E-state index in [2.05, 4.69) is 4.98 Å². The molecule has 4 nitrogen and oxygen atoms in total. The van der Waals surface area contributed by atoms with Crippen LogP contribution in [-0.4, -0.2) is 36.0 Å². The molecule has 2 heterocycles. The van der Waals surface area contributed by atoms with Gasteiger partial charge in [-0.05, 0) is 0 Å². The van der Waals surface area contributed by atoms with E-state index >= 15 is 0 Å². The molecule has 7 heteroatoms. The van der Waals surface area contributed by atoms with Crippen molar-refractivity contribution in [2.45, 2.75) is 5.88 Å². The van der Waals surface area contributed by atoms with E-state index in [9.17, 15) is 8.78 Å². The summed E-state index contributed by atoms with van der Waals surface area (Å²) in [6.07, 6.45) is 0. The number of hydrogen-bond donors (Lipinski definition) is 0. The van der Waals surface area contributed by atoms with Gasteiger partial charge in [-0.15, -0.1) is 11.6 Å². The lowest BCUT2D eigenvalue weighted by atomic mass is 10.3. The second-order valence-corrected chi connectivity index (χ2v) is 4.56. The second-order valence-electron chi connectivity index (χ2n) is 4.29. The molecular weight excluding hydrogens is 276 g/mol. The van der Waals surface area contributed by atoms with Crippen molar-refractivity contribution in [3.8, 4) is 0 Å². The smallest absolute Gasteiger partial charge is 0.154 e. The fraction of sp³-hybridized carbons (Fsp3) is 0.417. The van der Waals surface area contributed by atoms with Gasteiger partial charge in [-0.25, -0.2) is 18.4 Å². The van der Waals surface area contributed by atoms with Gasteiger partial charge in [0, 0.05) is 12.1 Å². The maximum Gasteiger partial charge on any atom is 0.154 e. The highest BCUT2D eigenvalue weighted by Crippen LogP contribution is 2.22. The van der Waals surface area contributed by atoms with Crippen LogP contribution in [0, 0.1) is 11.6 Å². The van der Waals surface area contributed by atoms with Crippen molar-refractivity contribution in [1.82, 2.24) is 9.66 Å². The lowest BCUT2D eigenvalue weighted by Crippen LogP contribution is -2.44. The Labute approximate surface area is 113 Å². The lowest BCUT2D eigenvalue weighted by molar-refractivity contribution is 0.111. The molecule has 3 rings (SSSR count). The van der Waals surface area contributed by atoms with Gasteiger partial charge < -0.3 is 9.75 Å². The number of morpholine rings is 1. The summed E-state index contributed by atoms with van der Waals surface area (Å²) in [5, 5.41) is 1.94. The van der Waals surface area contributed by atoms with Crippen LogP contribution in [0.4, 0.5) is 8.78 Å². The van der Waals surface area contributed by atoms with E-state index in [-0.39, 0.29) is 11.4 Å². The Kier molecular flexibility index (Phi) is 3.28. The van der Waals surface area contributed by atoms with Gasteiger partial charge in [0.05, 0.1) is 37.7 Å². The fourth-order valence-corrected chi connectivity index (χ4v) is 2.47. The lowest BCUT2D eigenvalue weighted by Gasteiger charge is -2.31. The van der Waals surface area contributed by atoms with Gasteiger partial charge in [0.2, 0.25) is 0 Å². The number of fused-ring (bicyclic) bond motifs is 1. The van der Waals surface area contributed by atoms with Gasteiger partial charge in [0.1, 0.15) is 17.2 Å². The molecule has 2 aromatic rings. The van der Waals surface area contributed by atoms with Crippen molar-refractivity contribution in [3.05, 3.63) is 29.6 Å². The average molecular weight is 288 g/mol. The first kappa shape index (κ1) is 12.6. The largest absolute Gasteiger partial charge is 0.378 e. The van der Waals surface area contributed by atoms with Gasteiger partial charge >= 0.3 is 0 Å². The van der Waals surface area contributed by atoms with Crippen LogP contribution in [0.15, 0.2) is 12.1 Å². The van der Waals surface area contributed by atoms with Crippen LogP contribution in [0.2, 0.25) is 0 Å². The first-order valence-electron chi connectivity index (χ1n) is 5.96. The van der Waals surface area contributed by atoms with E-state index < -0.39 is 11.6 Å². The molecular formula is C12H12ClF2N3O. The zero-order chi connectivity index (χ0) is 13.4. The van der Waals surface area contributed by atoms with E-state index in [1.807, 2.05) is 5.01 Å². The third-order valence-corrected chi connectivity index (χ3v) is 3.35. The minimum absolute atomic E-state index is 0.132. The Hall–Kier alpha value is -1.40. The molecule has 0 saturated carbocycles. The second kappa shape index (κ2) is 4.94. The van der Waals surface area contributed by atoms with Crippen molar-refractivity contribution in [1.29, 1.82) is 0 Å². The van der Waals surface area contributed by atoms with Crippen LogP contribution in [0.25, 0.3) is 11.0 Å². The highest BCUT2D eigenvalue weighted by molar-refractivity contribution is 6.16. The molecule has 1 aliphatic heterocycles. The number of ether oxygens (including phenoxy) is 1. The van der Waals surface area contributed by atoms with Crippen molar-refractivity contribution in [2.75, 3.05) is 31.3 Å². The van der Waals surface area contributed by atoms with Crippen molar-refractivity contribution in [3.63, 3.8) is 0 Å². The third-order valence-electron chi connectivity index (χ3n) is 3.11. The number of rotatable bonds is 2. The van der Waals surface area contributed by atoms with E-state index in [4.69, 9.17) is 16.3 Å². The summed E-state index contributed by atoms with van der Waals surface area (Å²) in [5.74, 6) is -0.662. The van der Waals surface area contributed by atoms with E-state index in [0.29, 0.717) is 37.6 Å². The molecule has 1 saturated heterocycles. The van der Waals surface area contributed by atoms with Gasteiger partial charge in [-0.3, -0.25) is 0 Å². The summed E-state index contributed by atoms with van der Waals surface area (Å²) in [4.78, 5) is 4.15. The van der Waals surface area contributed by atoms with Gasteiger partial charge in [0.15, 0.2) is 5.82 Å². The van der Waals surface area contributed by atoms with Crippen LogP contribution in [0.5, 0.6) is 0 Å². The van der Waals surface area contributed by atoms with Gasteiger partial charge in [0.25, 0.3) is 0 Å². The molecule has 1 aliphatic rings. The predicted octanol–water partition coefficient (Wildman–Crippen LogP) is 2.02. The Morgan fingerprint density at radius 2 is 2.00 bits per heavy atom. The molecule has 19 heavy (non-hydrogen) atoms. The third kappa shape index (κ3) is 2.15. The van der Waals surface area contributed by atoms with Gasteiger partial charge in [-0.1, -0.05) is 0 Å².